The van der Waals surface area contributed by atoms with Gasteiger partial charge in [0.25, 0.3) is 0 Å². The molecule has 1 amide bonds. The Morgan fingerprint density at radius 3 is 2.55 bits per heavy atom. The van der Waals surface area contributed by atoms with Crippen molar-refractivity contribution < 1.29 is 18.0 Å². The lowest BCUT2D eigenvalue weighted by molar-refractivity contribution is -0.137. The molecule has 0 unspecified atom stereocenters. The second-order valence-electron chi connectivity index (χ2n) is 4.85. The molecule has 0 bridgehead atoms. The molecular weight excluding hydrogens is 269 g/mol. The molecule has 0 aliphatic heterocycles. The van der Waals surface area contributed by atoms with E-state index in [0.29, 0.717) is 12.3 Å². The molecule has 1 aromatic carbocycles. The molecule has 0 aliphatic carbocycles. The van der Waals surface area contributed by atoms with Crippen molar-refractivity contribution in [1.82, 2.24) is 0 Å². The van der Waals surface area contributed by atoms with Crippen molar-refractivity contribution in [3.63, 3.8) is 0 Å². The molecule has 0 aromatic heterocycles. The number of carbonyl (C=O) groups is 1. The Labute approximate surface area is 115 Å². The summed E-state index contributed by atoms with van der Waals surface area (Å²) in [5.41, 5.74) is -0.999. The van der Waals surface area contributed by atoms with E-state index >= 15 is 0 Å². The van der Waals surface area contributed by atoms with Crippen LogP contribution in [0.2, 0.25) is 0 Å². The summed E-state index contributed by atoms with van der Waals surface area (Å²) in [4.78, 5) is 11.6. The average Bonchev–Trinajstić information content (AvgIpc) is 2.35. The fraction of sp³-hybridized carbons (Fsp3) is 0.429. The number of rotatable bonds is 4. The summed E-state index contributed by atoms with van der Waals surface area (Å²) < 4.78 is 37.5. The number of halogens is 3. The lowest BCUT2D eigenvalue weighted by Gasteiger charge is -2.11. The molecule has 0 spiro atoms. The van der Waals surface area contributed by atoms with Gasteiger partial charge in [0.15, 0.2) is 0 Å². The van der Waals surface area contributed by atoms with Crippen molar-refractivity contribution >= 4 is 11.6 Å². The Hall–Kier alpha value is -2.03. The molecule has 108 valence electrons. The fourth-order valence-electron chi connectivity index (χ4n) is 1.55. The first-order valence-corrected chi connectivity index (χ1v) is 6.15. The highest BCUT2D eigenvalue weighted by Crippen LogP contribution is 2.31. The van der Waals surface area contributed by atoms with Crippen LogP contribution in [0.4, 0.5) is 18.9 Å². The number of hydrogen-bond donors (Lipinski definition) is 1. The van der Waals surface area contributed by atoms with Crippen molar-refractivity contribution in [3.05, 3.63) is 29.3 Å². The molecule has 0 saturated carbocycles. The number of carbonyl (C=O) groups excluding carboxylic acids is 1. The Kier molecular flexibility index (Phi) is 5.14. The maximum absolute atomic E-state index is 12.5. The molecule has 0 radical (unpaired) electrons. The van der Waals surface area contributed by atoms with Crippen LogP contribution in [0.3, 0.4) is 0 Å². The van der Waals surface area contributed by atoms with Gasteiger partial charge in [-0.15, -0.1) is 0 Å². The van der Waals surface area contributed by atoms with Gasteiger partial charge in [-0.25, -0.2) is 0 Å². The van der Waals surface area contributed by atoms with E-state index in [2.05, 4.69) is 5.32 Å². The van der Waals surface area contributed by atoms with Gasteiger partial charge in [-0.3, -0.25) is 4.79 Å². The van der Waals surface area contributed by atoms with E-state index in [9.17, 15) is 18.0 Å². The van der Waals surface area contributed by atoms with Gasteiger partial charge in [-0.05, 0) is 30.5 Å². The van der Waals surface area contributed by atoms with E-state index in [1.807, 2.05) is 13.8 Å². The van der Waals surface area contributed by atoms with E-state index < -0.39 is 11.7 Å². The van der Waals surface area contributed by atoms with Gasteiger partial charge >= 0.3 is 6.18 Å². The molecule has 1 rings (SSSR count). The number of nitrogens with zero attached hydrogens (tertiary/aromatic N) is 1. The first kappa shape index (κ1) is 16.0. The van der Waals surface area contributed by atoms with Gasteiger partial charge in [0.05, 0.1) is 16.8 Å². The molecule has 1 aromatic rings. The van der Waals surface area contributed by atoms with Crippen molar-refractivity contribution in [2.45, 2.75) is 32.9 Å². The lowest BCUT2D eigenvalue weighted by Crippen LogP contribution is -2.14. The molecule has 3 nitrogen and oxygen atoms in total. The zero-order chi connectivity index (χ0) is 15.3. The zero-order valence-corrected chi connectivity index (χ0v) is 11.2. The summed E-state index contributed by atoms with van der Waals surface area (Å²) in [6, 6.07) is 4.35. The standard InChI is InChI=1S/C14H15F3N2O/c1-9(2)3-6-13(20)19-12-5-4-11(14(15,16)17)7-10(12)8-18/h4-5,7,9H,3,6H2,1-2H3,(H,19,20). The second kappa shape index (κ2) is 6.42. The summed E-state index contributed by atoms with van der Waals surface area (Å²) >= 11 is 0. The predicted molar refractivity (Wildman–Crippen MR) is 68.9 cm³/mol. The summed E-state index contributed by atoms with van der Waals surface area (Å²) in [5.74, 6) is 0.0405. The summed E-state index contributed by atoms with van der Waals surface area (Å²) in [7, 11) is 0. The van der Waals surface area contributed by atoms with Crippen LogP contribution in [0.5, 0.6) is 0 Å². The minimum Gasteiger partial charge on any atom is -0.325 e. The zero-order valence-electron chi connectivity index (χ0n) is 11.2. The highest BCUT2D eigenvalue weighted by molar-refractivity contribution is 5.92. The quantitative estimate of drug-likeness (QED) is 0.910. The topological polar surface area (TPSA) is 52.9 Å². The summed E-state index contributed by atoms with van der Waals surface area (Å²) in [6.07, 6.45) is -3.57. The van der Waals surface area contributed by atoms with E-state index in [1.165, 1.54) is 0 Å². The second-order valence-corrected chi connectivity index (χ2v) is 4.85. The lowest BCUT2D eigenvalue weighted by atomic mass is 10.1. The number of alkyl halides is 3. The van der Waals surface area contributed by atoms with E-state index in [4.69, 9.17) is 5.26 Å². The fourth-order valence-corrected chi connectivity index (χ4v) is 1.55. The Morgan fingerprint density at radius 1 is 1.40 bits per heavy atom. The molecular formula is C14H15F3N2O. The Morgan fingerprint density at radius 2 is 2.05 bits per heavy atom. The third-order valence-electron chi connectivity index (χ3n) is 2.69. The minimum absolute atomic E-state index is 0.106. The largest absolute Gasteiger partial charge is 0.416 e. The molecule has 6 heteroatoms. The van der Waals surface area contributed by atoms with Gasteiger partial charge in [0.2, 0.25) is 5.91 Å². The van der Waals surface area contributed by atoms with Gasteiger partial charge < -0.3 is 5.32 Å². The van der Waals surface area contributed by atoms with Crippen LogP contribution in [0.25, 0.3) is 0 Å². The van der Waals surface area contributed by atoms with E-state index in [0.717, 1.165) is 18.2 Å². The van der Waals surface area contributed by atoms with Crippen LogP contribution >= 0.6 is 0 Å². The van der Waals surface area contributed by atoms with Crippen LogP contribution in [0.15, 0.2) is 18.2 Å². The number of benzene rings is 1. The molecule has 0 fully saturated rings. The van der Waals surface area contributed by atoms with Crippen LogP contribution in [-0.2, 0) is 11.0 Å². The van der Waals surface area contributed by atoms with Crippen LogP contribution in [0, 0.1) is 17.2 Å². The number of nitrogens with one attached hydrogen (secondary N) is 1. The van der Waals surface area contributed by atoms with Crippen LogP contribution in [0.1, 0.15) is 37.8 Å². The summed E-state index contributed by atoms with van der Waals surface area (Å²) in [6.45, 7) is 3.93. The predicted octanol–water partition coefficient (Wildman–Crippen LogP) is 3.95. The number of anilines is 1. The third-order valence-corrected chi connectivity index (χ3v) is 2.69. The molecule has 0 atom stereocenters. The van der Waals surface area contributed by atoms with Gasteiger partial charge in [0.1, 0.15) is 6.07 Å². The first-order valence-electron chi connectivity index (χ1n) is 6.15. The monoisotopic (exact) mass is 284 g/mol. The van der Waals surface area contributed by atoms with E-state index in [1.54, 1.807) is 6.07 Å². The molecule has 0 heterocycles. The van der Waals surface area contributed by atoms with Gasteiger partial charge in [0, 0.05) is 6.42 Å². The highest BCUT2D eigenvalue weighted by Gasteiger charge is 2.31. The van der Waals surface area contributed by atoms with Gasteiger partial charge in [-0.1, -0.05) is 13.8 Å². The maximum atomic E-state index is 12.5. The van der Waals surface area contributed by atoms with Crippen LogP contribution in [-0.4, -0.2) is 5.91 Å². The molecule has 0 saturated heterocycles. The SMILES string of the molecule is CC(C)CCC(=O)Nc1ccc(C(F)(F)F)cc1C#N. The Balaban J connectivity index is 2.87. The average molecular weight is 284 g/mol. The third kappa shape index (κ3) is 4.57. The Bertz CT molecular complexity index is 530. The van der Waals surface area contributed by atoms with Crippen LogP contribution < -0.4 is 5.32 Å². The smallest absolute Gasteiger partial charge is 0.325 e. The normalized spacial score (nSPS) is 11.2. The van der Waals surface area contributed by atoms with Crippen molar-refractivity contribution in [2.24, 2.45) is 5.92 Å². The number of hydrogen-bond acceptors (Lipinski definition) is 2. The van der Waals surface area contributed by atoms with Crippen molar-refractivity contribution in [2.75, 3.05) is 5.32 Å². The van der Waals surface area contributed by atoms with E-state index in [-0.39, 0.29) is 23.6 Å². The van der Waals surface area contributed by atoms with Gasteiger partial charge in [-0.2, -0.15) is 18.4 Å². The number of amides is 1. The highest BCUT2D eigenvalue weighted by atomic mass is 19.4. The molecule has 1 N–H and O–H groups in total. The maximum Gasteiger partial charge on any atom is 0.416 e. The van der Waals surface area contributed by atoms with Crippen molar-refractivity contribution in [1.29, 1.82) is 5.26 Å². The molecule has 0 aliphatic rings. The molecule has 20 heavy (non-hydrogen) atoms. The minimum atomic E-state index is -4.51. The summed E-state index contributed by atoms with van der Waals surface area (Å²) in [5, 5.41) is 11.3. The first-order chi connectivity index (χ1) is 9.24. The van der Waals surface area contributed by atoms with Crippen molar-refractivity contribution in [3.8, 4) is 6.07 Å². The number of nitriles is 1.